The van der Waals surface area contributed by atoms with Gasteiger partial charge < -0.3 is 48.7 Å². The number of halogens is 2. The number of carboxylic acid groups (broad SMARTS) is 1. The van der Waals surface area contributed by atoms with Gasteiger partial charge in [-0.15, -0.1) is 0 Å². The molecule has 8 aromatic heterocycles. The molecular formula is C83H62F2N18O11. The van der Waals surface area contributed by atoms with Crippen molar-refractivity contribution in [3.05, 3.63) is 193 Å². The summed E-state index contributed by atoms with van der Waals surface area (Å²) in [4.78, 5) is 40.7. The number of carboxylic acids is 1. The average molecular weight is 1530 g/mol. The summed E-state index contributed by atoms with van der Waals surface area (Å²) in [6.45, 7) is -3.10. The molecule has 31 heteroatoms. The molecule has 0 aliphatic rings. The second-order valence-corrected chi connectivity index (χ2v) is 24.8. The largest absolute Gasteiger partial charge is 0.493 e. The number of nitrogens with two attached hydrogens (primary N) is 1. The summed E-state index contributed by atoms with van der Waals surface area (Å²) >= 11 is 0. The number of nitrogens with zero attached hydrogens (tertiary/aromatic N) is 17. The van der Waals surface area contributed by atoms with Crippen LogP contribution in [-0.4, -0.2) is 133 Å². The number of pyridine rings is 4. The molecular weight excluding hydrogens is 1460 g/mol. The van der Waals surface area contributed by atoms with Gasteiger partial charge in [0, 0.05) is 89.6 Å². The molecule has 0 saturated carbocycles. The minimum Gasteiger partial charge on any atom is -0.493 e. The van der Waals surface area contributed by atoms with Crippen molar-refractivity contribution in [3.8, 4) is 121 Å². The normalized spacial score (nSPS) is 10.8. The van der Waals surface area contributed by atoms with E-state index in [9.17, 15) is 28.7 Å². The number of nitriles is 5. The van der Waals surface area contributed by atoms with Gasteiger partial charge >= 0.3 is 12.5 Å². The van der Waals surface area contributed by atoms with E-state index in [1.807, 2.05) is 54.6 Å². The van der Waals surface area contributed by atoms with Gasteiger partial charge in [0.1, 0.15) is 42.4 Å². The van der Waals surface area contributed by atoms with Crippen LogP contribution in [0.4, 0.5) is 8.78 Å². The van der Waals surface area contributed by atoms with Crippen molar-refractivity contribution >= 4 is 99.1 Å². The van der Waals surface area contributed by atoms with Crippen LogP contribution in [0.1, 0.15) is 28.8 Å². The molecule has 0 bridgehead atoms. The Balaban J connectivity index is 0.000000133. The SMILES string of the molecule is COc1cc2ncc3c(c(-c4ccc(C#N)cc4)nn3C(F)F)c2cc1OC.COc1cc2ncc3c(c(-c4ccc(C#N)cc4)nn3CC#N)c2cc1OC.COc1cc2ncc3c(c(-c4ccc(C#N)cc4)nn3CC(=O)O)c2cc1OC.COc1cc2ncc3c(c(-c4ccc(C#N)cc4)nn3CC(N)=O)c2cc1OC. The molecule has 1 amide bonds. The van der Waals surface area contributed by atoms with Crippen molar-refractivity contribution in [2.75, 3.05) is 56.9 Å². The Labute approximate surface area is 645 Å². The lowest BCUT2D eigenvalue weighted by atomic mass is 10.0. The predicted molar refractivity (Wildman–Crippen MR) is 417 cm³/mol. The summed E-state index contributed by atoms with van der Waals surface area (Å²) in [5.74, 6) is 2.81. The highest BCUT2D eigenvalue weighted by Gasteiger charge is 2.26. The minimum atomic E-state index is -2.82. The highest BCUT2D eigenvalue weighted by Crippen LogP contribution is 2.44. The summed E-state index contributed by atoms with van der Waals surface area (Å²) in [5, 5.41) is 78.6. The van der Waals surface area contributed by atoms with E-state index in [2.05, 4.69) is 64.6 Å². The van der Waals surface area contributed by atoms with Crippen LogP contribution in [0.2, 0.25) is 0 Å². The van der Waals surface area contributed by atoms with Crippen molar-refractivity contribution < 1.29 is 61.4 Å². The molecule has 3 N–H and O–H groups in total. The molecule has 16 aromatic rings. The van der Waals surface area contributed by atoms with Gasteiger partial charge in [0.2, 0.25) is 5.91 Å². The van der Waals surface area contributed by atoms with Crippen LogP contribution in [0.3, 0.4) is 0 Å². The van der Waals surface area contributed by atoms with E-state index < -0.39 is 18.4 Å². The lowest BCUT2D eigenvalue weighted by molar-refractivity contribution is -0.137. The van der Waals surface area contributed by atoms with E-state index in [1.54, 1.807) is 163 Å². The molecule has 0 radical (unpaired) electrons. The maximum Gasteiger partial charge on any atom is 0.333 e. The van der Waals surface area contributed by atoms with E-state index in [1.165, 1.54) is 29.8 Å². The van der Waals surface area contributed by atoms with Crippen LogP contribution in [-0.2, 0) is 29.2 Å². The summed E-state index contributed by atoms with van der Waals surface area (Å²) < 4.78 is 75.5. The zero-order chi connectivity index (χ0) is 80.6. The second kappa shape index (κ2) is 32.8. The van der Waals surface area contributed by atoms with Gasteiger partial charge in [-0.1, -0.05) is 48.5 Å². The highest BCUT2D eigenvalue weighted by molar-refractivity contribution is 6.15. The first-order chi connectivity index (χ1) is 55.4. The zero-order valence-corrected chi connectivity index (χ0v) is 61.8. The molecule has 0 saturated heterocycles. The van der Waals surface area contributed by atoms with Gasteiger partial charge in [-0.25, -0.2) is 9.36 Å². The molecule has 0 aliphatic carbocycles. The number of amides is 1. The molecule has 8 heterocycles. The van der Waals surface area contributed by atoms with E-state index in [0.717, 1.165) is 60.0 Å². The first kappa shape index (κ1) is 76.1. The van der Waals surface area contributed by atoms with Crippen LogP contribution >= 0.6 is 0 Å². The lowest BCUT2D eigenvalue weighted by Crippen LogP contribution is -2.19. The molecule has 0 fully saturated rings. The maximum absolute atomic E-state index is 13.6. The van der Waals surface area contributed by atoms with E-state index in [4.69, 9.17) is 64.7 Å². The highest BCUT2D eigenvalue weighted by atomic mass is 19.3. The maximum atomic E-state index is 13.6. The standard InChI is InChI=1S/C21H17N5O3.C21H15N5O2.C21H16N4O4.C20H14F2N4O2/c1-28-17-7-14-15(8-18(17)29-2)24-10-16-20(14)21(25-26(16)11-19(23)27)13-5-3-12(9-22)4-6-13;1-27-18-9-15-16(10-19(18)28-2)24-12-17-20(15)21(25-26(17)8-7-22)14-5-3-13(11-23)4-6-14;1-28-17-7-14-15(8-18(17)29-2)23-10-16-20(14)21(24-25(16)11-19(26)27)13-5-3-12(9-22)4-6-13;1-27-16-7-13-14(8-17(16)28-2)24-10-15-18(13)19(25-26(15)20(21)22)12-5-3-11(9-23)4-6-12/h3-8,10H,11H2,1-2H3,(H2,23,27);3-6,9-10,12H,8H2,1-2H3;3-8,10H,11H2,1-2H3,(H,26,27);3-8,10,20H,1-2H3. The average Bonchev–Trinajstić information content (AvgIpc) is 1.58. The lowest BCUT2D eigenvalue weighted by Gasteiger charge is -2.10. The number of primary amides is 1. The van der Waals surface area contributed by atoms with Crippen LogP contribution in [0, 0.1) is 56.7 Å². The summed E-state index contributed by atoms with van der Waals surface area (Å²) in [7, 11) is 12.4. The number of alkyl halides is 2. The predicted octanol–water partition coefficient (Wildman–Crippen LogP) is 14.1. The van der Waals surface area contributed by atoms with Crippen LogP contribution in [0.25, 0.3) is 132 Å². The number of rotatable bonds is 18. The fourth-order valence-electron chi connectivity index (χ4n) is 13.1. The Bertz CT molecular complexity index is 6490. The van der Waals surface area contributed by atoms with Crippen molar-refractivity contribution in [1.82, 2.24) is 59.1 Å². The molecule has 0 spiro atoms. The van der Waals surface area contributed by atoms with Gasteiger partial charge in [-0.05, 0) is 72.8 Å². The Hall–Kier alpha value is -16.1. The Morgan fingerprint density at radius 2 is 0.640 bits per heavy atom. The van der Waals surface area contributed by atoms with Gasteiger partial charge in [0.15, 0.2) is 46.0 Å². The molecule has 0 unspecified atom stereocenters. The number of hydrogen-bond acceptors (Lipinski definition) is 23. The van der Waals surface area contributed by atoms with Crippen molar-refractivity contribution in [1.29, 1.82) is 26.3 Å². The number of benzene rings is 8. The van der Waals surface area contributed by atoms with Crippen molar-refractivity contribution in [2.24, 2.45) is 5.73 Å². The Morgan fingerprint density at radius 3 is 0.904 bits per heavy atom. The minimum absolute atomic E-state index is 0.0761. The quantitative estimate of drug-likeness (QED) is 0.0805. The summed E-state index contributed by atoms with van der Waals surface area (Å²) in [6.07, 6.45) is 6.34. The number of aliphatic carboxylic acids is 1. The van der Waals surface area contributed by atoms with E-state index in [0.29, 0.717) is 140 Å². The number of methoxy groups -OCH3 is 8. The number of carbonyl (C=O) groups excluding carboxylic acids is 1. The first-order valence-electron chi connectivity index (χ1n) is 34.2. The van der Waals surface area contributed by atoms with Crippen molar-refractivity contribution in [3.63, 3.8) is 0 Å². The molecule has 564 valence electrons. The third kappa shape index (κ3) is 14.6. The number of carbonyl (C=O) groups is 2. The number of hydrogen-bond donors (Lipinski definition) is 2. The molecule has 8 aromatic carbocycles. The van der Waals surface area contributed by atoms with Gasteiger partial charge in [0.05, 0.1) is 178 Å². The van der Waals surface area contributed by atoms with Gasteiger partial charge in [-0.2, -0.15) is 55.5 Å². The Morgan fingerprint density at radius 1 is 0.386 bits per heavy atom. The monoisotopic (exact) mass is 1520 g/mol. The van der Waals surface area contributed by atoms with Gasteiger partial charge in [0.25, 0.3) is 0 Å². The zero-order valence-electron chi connectivity index (χ0n) is 61.8. The van der Waals surface area contributed by atoms with E-state index >= 15 is 0 Å². The van der Waals surface area contributed by atoms with Crippen LogP contribution in [0.15, 0.2) is 170 Å². The van der Waals surface area contributed by atoms with Crippen LogP contribution in [0.5, 0.6) is 46.0 Å². The van der Waals surface area contributed by atoms with Crippen molar-refractivity contribution in [2.45, 2.75) is 26.2 Å². The first-order valence-corrected chi connectivity index (χ1v) is 34.2. The number of ether oxygens (including phenoxy) is 8. The fourth-order valence-corrected chi connectivity index (χ4v) is 13.1. The fraction of sp³-hybridized carbons (Fsp3) is 0.145. The summed E-state index contributed by atoms with van der Waals surface area (Å²) in [5.41, 5.74) is 17.8. The summed E-state index contributed by atoms with van der Waals surface area (Å²) in [6, 6.07) is 52.6. The number of aromatic nitrogens is 12. The van der Waals surface area contributed by atoms with Crippen LogP contribution < -0.4 is 43.6 Å². The topological polar surface area (TPSA) is 396 Å². The van der Waals surface area contributed by atoms with E-state index in [-0.39, 0.29) is 25.2 Å². The van der Waals surface area contributed by atoms with Gasteiger partial charge in [-0.3, -0.25) is 38.9 Å². The second-order valence-electron chi connectivity index (χ2n) is 24.8. The molecule has 29 nitrogen and oxygen atoms in total. The third-order valence-electron chi connectivity index (χ3n) is 18.5. The Kier molecular flexibility index (Phi) is 21.9. The smallest absolute Gasteiger partial charge is 0.333 e. The third-order valence-corrected chi connectivity index (χ3v) is 18.5. The molecule has 0 aliphatic heterocycles. The molecule has 16 rings (SSSR count). The molecule has 114 heavy (non-hydrogen) atoms. The number of fused-ring (bicyclic) bond motifs is 12. The molecule has 0 atom stereocenters.